The lowest BCUT2D eigenvalue weighted by atomic mass is 10.1. The van der Waals surface area contributed by atoms with Crippen LogP contribution in [0.1, 0.15) is 26.3 Å². The second kappa shape index (κ2) is 23.0. The molecule has 3 fully saturated rings. The second-order valence-electron chi connectivity index (χ2n) is 18.1. The number of aromatic amines is 2. The molecule has 0 saturated carbocycles. The van der Waals surface area contributed by atoms with E-state index >= 15 is 0 Å². The zero-order chi connectivity index (χ0) is 58.0. The molecule has 43 heteroatoms. The summed E-state index contributed by atoms with van der Waals surface area (Å²) in [5, 5.41) is 25.4. The molecule has 5 aromatic heterocycles. The van der Waals surface area contributed by atoms with Gasteiger partial charge in [0.05, 0.1) is 45.2 Å². The van der Waals surface area contributed by atoms with Gasteiger partial charge in [0.25, 0.3) is 42.4 Å². The maximum atomic E-state index is 13.9. The number of nitrogens with zero attached hydrogens (tertiary/aromatic N) is 10. The van der Waals surface area contributed by atoms with Crippen molar-refractivity contribution in [2.75, 3.05) is 81.4 Å². The topological polar surface area (TPSA) is 535 Å². The van der Waals surface area contributed by atoms with Gasteiger partial charge in [0, 0.05) is 28.3 Å². The summed E-state index contributed by atoms with van der Waals surface area (Å²) in [5.41, 5.74) is 10.2. The Labute approximate surface area is 448 Å². The summed E-state index contributed by atoms with van der Waals surface area (Å²) in [4.78, 5) is 110. The van der Waals surface area contributed by atoms with E-state index in [4.69, 9.17) is 58.0 Å². The van der Waals surface area contributed by atoms with E-state index in [0.717, 1.165) is 26.9 Å². The number of anilines is 5. The van der Waals surface area contributed by atoms with Crippen molar-refractivity contribution in [1.29, 1.82) is 0 Å². The number of rotatable bonds is 23. The Kier molecular flexibility index (Phi) is 17.1. The van der Waals surface area contributed by atoms with E-state index in [9.17, 15) is 57.6 Å². The van der Waals surface area contributed by atoms with Gasteiger partial charge in [0.1, 0.15) is 72.5 Å². The lowest BCUT2D eigenvalue weighted by Crippen LogP contribution is -2.46. The fourth-order valence-corrected chi connectivity index (χ4v) is 13.7. The van der Waals surface area contributed by atoms with Crippen molar-refractivity contribution < 1.29 is 103 Å². The van der Waals surface area contributed by atoms with Gasteiger partial charge in [0.2, 0.25) is 11.9 Å². The largest absolute Gasteiger partial charge is 0.756 e. The third kappa shape index (κ3) is 12.2. The summed E-state index contributed by atoms with van der Waals surface area (Å²) in [6.07, 6.45) is -15.5. The molecular formula is C37H51N15O24P4-4. The van der Waals surface area contributed by atoms with Crippen LogP contribution in [-0.4, -0.2) is 181 Å². The molecule has 16 atom stereocenters. The number of fused-ring (bicyclic) bond motifs is 3. The molecule has 0 bridgehead atoms. The van der Waals surface area contributed by atoms with Gasteiger partial charge in [-0.05, 0) is 13.8 Å². The fourth-order valence-electron chi connectivity index (χ4n) is 9.33. The van der Waals surface area contributed by atoms with E-state index in [1.54, 1.807) is 13.8 Å². The predicted octanol–water partition coefficient (Wildman–Crippen LogP) is -4.43. The lowest BCUT2D eigenvalue weighted by Gasteiger charge is -2.35. The van der Waals surface area contributed by atoms with Crippen LogP contribution >= 0.6 is 31.3 Å². The highest BCUT2D eigenvalue weighted by Gasteiger charge is 2.53. The first kappa shape index (κ1) is 59.6. The number of phosphoric acid groups is 4. The van der Waals surface area contributed by atoms with Crippen LogP contribution in [0.3, 0.4) is 0 Å². The summed E-state index contributed by atoms with van der Waals surface area (Å²) < 4.78 is 118. The predicted molar refractivity (Wildman–Crippen MR) is 258 cm³/mol. The van der Waals surface area contributed by atoms with Crippen LogP contribution in [-0.2, 0) is 73.4 Å². The molecule has 9 rings (SSSR count). The van der Waals surface area contributed by atoms with Gasteiger partial charge in [-0.15, -0.1) is 0 Å². The number of hydrogen-bond acceptors (Lipinski definition) is 35. The number of nitrogens with one attached hydrogen (secondary N) is 3. The van der Waals surface area contributed by atoms with Gasteiger partial charge in [-0.1, -0.05) is 0 Å². The maximum absolute atomic E-state index is 13.9. The molecule has 0 spiro atoms. The van der Waals surface area contributed by atoms with Crippen LogP contribution in [0.25, 0.3) is 22.3 Å². The SMILES string of the molecule is CNc1ncnc2c1ncn2[C@@H]1O[C@H](COP(=O)([O-])OP(=O)([O-])OP(=O)([O-])OC[C@H]2O[C@@H](N3CN(C)c4c3nc(N)[nH]c4=O)C(O)[C@H]2OC)C(OP(=O)([O-])OC[C@H]2O[C@@H](n3cnc4c(=O)[nH]c(N)nc43)[C@@H](O)C2OC(C)C)[C@@H]1OC. The number of phosphoric ester groups is 3. The molecule has 0 aromatic carbocycles. The normalized spacial score (nSPS) is 30.0. The molecule has 0 radical (unpaired) electrons. The van der Waals surface area contributed by atoms with Crippen molar-refractivity contribution in [3.8, 4) is 0 Å². The Bertz CT molecular complexity index is 3410. The summed E-state index contributed by atoms with van der Waals surface area (Å²) >= 11 is 0. The number of imidazole rings is 2. The van der Waals surface area contributed by atoms with Crippen LogP contribution in [0.15, 0.2) is 28.6 Å². The average Bonchev–Trinajstić information content (AvgIpc) is 4.28. The highest BCUT2D eigenvalue weighted by molar-refractivity contribution is 7.65. The zero-order valence-corrected chi connectivity index (χ0v) is 45.9. The first-order valence-electron chi connectivity index (χ1n) is 23.4. The van der Waals surface area contributed by atoms with Crippen molar-refractivity contribution in [1.82, 2.24) is 49.0 Å². The van der Waals surface area contributed by atoms with Crippen LogP contribution in [0, 0.1) is 0 Å². The maximum Gasteiger partial charge on any atom is 0.280 e. The molecule has 9 heterocycles. The highest BCUT2D eigenvalue weighted by atomic mass is 31.3. The minimum absolute atomic E-state index is 0.00668. The number of methoxy groups -OCH3 is 2. The van der Waals surface area contributed by atoms with E-state index in [2.05, 4.69) is 53.8 Å². The van der Waals surface area contributed by atoms with Crippen LogP contribution < -0.4 is 57.3 Å². The van der Waals surface area contributed by atoms with E-state index in [0.29, 0.717) is 0 Å². The lowest BCUT2D eigenvalue weighted by molar-refractivity contribution is -0.252. The van der Waals surface area contributed by atoms with Crippen LogP contribution in [0.4, 0.5) is 29.2 Å². The van der Waals surface area contributed by atoms with Crippen molar-refractivity contribution >= 4 is 82.8 Å². The van der Waals surface area contributed by atoms with Gasteiger partial charge in [0.15, 0.2) is 47.1 Å². The zero-order valence-electron chi connectivity index (χ0n) is 42.4. The Morgan fingerprint density at radius 3 is 1.88 bits per heavy atom. The second-order valence-corrected chi connectivity index (χ2v) is 24.0. The molecular weight excluding hydrogens is 1160 g/mol. The molecule has 3 saturated heterocycles. The Morgan fingerprint density at radius 1 is 0.713 bits per heavy atom. The van der Waals surface area contributed by atoms with Gasteiger partial charge in [-0.3, -0.25) is 47.0 Å². The number of aromatic nitrogens is 10. The number of ether oxygens (including phenoxy) is 6. The number of aliphatic hydroxyl groups excluding tert-OH is 2. The number of hydrogen-bond donors (Lipinski definition) is 7. The van der Waals surface area contributed by atoms with Crippen LogP contribution in [0.2, 0.25) is 0 Å². The molecule has 9 N–H and O–H groups in total. The molecule has 80 heavy (non-hydrogen) atoms. The smallest absolute Gasteiger partial charge is 0.280 e. The third-order valence-corrected chi connectivity index (χ3v) is 17.6. The van der Waals surface area contributed by atoms with Crippen molar-refractivity contribution in [3.05, 3.63) is 39.7 Å². The minimum atomic E-state index is -6.56. The number of aliphatic hydroxyl groups is 2. The fraction of sp³-hybridized carbons (Fsp3) is 0.622. The average molecular weight is 1210 g/mol. The molecule has 7 unspecified atom stereocenters. The Morgan fingerprint density at radius 2 is 1.25 bits per heavy atom. The van der Waals surface area contributed by atoms with Gasteiger partial charge < -0.3 is 103 Å². The molecule has 0 aliphatic carbocycles. The molecule has 5 aromatic rings. The number of nitrogens with two attached hydrogens (primary N) is 2. The summed E-state index contributed by atoms with van der Waals surface area (Å²) in [5.74, 6) is -0.328. The molecule has 0 amide bonds. The minimum Gasteiger partial charge on any atom is -0.756 e. The standard InChI is InChI=1S/C37H55N15O24P4/c1-14(2)70-24-16(72-33(22(24)54)51-12-44-19-29(51)45-36(38)47-31(19)55)8-67-77(57,58)74-25-17(73-35(26(25)66-6)50-11-43-18-27(40-3)41-10-42-28(18)50)9-69-79(61,62)76-80(63,64)75-78(59,60)68-7-15-23(65-5)21(53)34(71-15)52-13-49(4)20-30(52)46-37(39)48-32(20)56/h10-12,14-17,21-26,33-35,53-54H,7-9,13H2,1-6H3,(H,57,58)(H,59,60)(H,61,62)(H,63,64)(H,40,41,42)(H3,38,45,47,55)(H3,39,46,48,56)/p-4/t15-,16-,17-,21?,22+,23+,24?,25?,26+,33-,34-,35-/m1/s1. The third-order valence-electron chi connectivity index (χ3n) is 12.5. The van der Waals surface area contributed by atoms with Gasteiger partial charge in [-0.25, -0.2) is 28.6 Å². The molecule has 4 aliphatic rings. The van der Waals surface area contributed by atoms with Gasteiger partial charge >= 0.3 is 0 Å². The molecule has 442 valence electrons. The molecule has 4 aliphatic heterocycles. The Balaban J connectivity index is 0.882. The summed E-state index contributed by atoms with van der Waals surface area (Å²) in [6.45, 7) is -0.226. The van der Waals surface area contributed by atoms with Crippen molar-refractivity contribution in [3.63, 3.8) is 0 Å². The Hall–Kier alpha value is -5.02. The van der Waals surface area contributed by atoms with E-state index in [1.165, 1.54) is 39.4 Å². The summed E-state index contributed by atoms with van der Waals surface area (Å²) in [6, 6.07) is 0. The van der Waals surface area contributed by atoms with E-state index < -0.39 is 142 Å². The summed E-state index contributed by atoms with van der Waals surface area (Å²) in [7, 11) is -19.4. The van der Waals surface area contributed by atoms with Gasteiger partial charge in [-0.2, -0.15) is 9.97 Å². The first-order chi connectivity index (χ1) is 37.6. The van der Waals surface area contributed by atoms with E-state index in [1.807, 2.05) is 0 Å². The van der Waals surface area contributed by atoms with E-state index in [-0.39, 0.29) is 58.2 Å². The quantitative estimate of drug-likeness (QED) is 0.0304. The number of H-pyrrole nitrogens is 2. The number of nitrogen functional groups attached to an aromatic ring is 2. The first-order valence-corrected chi connectivity index (χ1v) is 29.3. The molecule has 39 nitrogen and oxygen atoms in total. The highest BCUT2D eigenvalue weighted by Crippen LogP contribution is 2.63. The van der Waals surface area contributed by atoms with Crippen molar-refractivity contribution in [2.24, 2.45) is 0 Å². The van der Waals surface area contributed by atoms with Crippen LogP contribution in [0.5, 0.6) is 0 Å². The monoisotopic (exact) mass is 1210 g/mol. The van der Waals surface area contributed by atoms with Crippen molar-refractivity contribution in [2.45, 2.75) is 93.6 Å².